The van der Waals surface area contributed by atoms with Crippen LogP contribution in [0.3, 0.4) is 0 Å². The topological polar surface area (TPSA) is 107 Å². The van der Waals surface area contributed by atoms with Crippen LogP contribution >= 0.6 is 12.2 Å². The van der Waals surface area contributed by atoms with Gasteiger partial charge in [0.05, 0.1) is 6.07 Å². The molecule has 0 spiro atoms. The van der Waals surface area contributed by atoms with Crippen LogP contribution in [-0.4, -0.2) is 15.7 Å². The fourth-order valence-corrected chi connectivity index (χ4v) is 0.860. The standard InChI is InChI=1S/C7H8N4O3S/c1-4(9-10-7(8)15)5-2-3-6(14-5)11(12)13/h2-3H,1H3,(H3,8,10,15)/b9-4+. The lowest BCUT2D eigenvalue weighted by molar-refractivity contribution is -0.402. The van der Waals surface area contributed by atoms with Gasteiger partial charge in [0.25, 0.3) is 0 Å². The smallest absolute Gasteiger partial charge is 0.399 e. The second-order valence-electron chi connectivity index (χ2n) is 2.57. The van der Waals surface area contributed by atoms with Gasteiger partial charge in [-0.25, -0.2) is 0 Å². The van der Waals surface area contributed by atoms with E-state index in [-0.39, 0.29) is 16.8 Å². The maximum absolute atomic E-state index is 10.3. The van der Waals surface area contributed by atoms with E-state index in [1.54, 1.807) is 6.92 Å². The quantitative estimate of drug-likeness (QED) is 0.342. The van der Waals surface area contributed by atoms with Crippen LogP contribution in [-0.2, 0) is 0 Å². The molecule has 0 aromatic carbocycles. The Morgan fingerprint density at radius 1 is 1.73 bits per heavy atom. The van der Waals surface area contributed by atoms with E-state index in [2.05, 4.69) is 22.7 Å². The van der Waals surface area contributed by atoms with Gasteiger partial charge in [0, 0.05) is 0 Å². The molecule has 80 valence electrons. The minimum atomic E-state index is -0.627. The highest BCUT2D eigenvalue weighted by Gasteiger charge is 2.13. The summed E-state index contributed by atoms with van der Waals surface area (Å²) in [5.41, 5.74) is 7.91. The van der Waals surface area contributed by atoms with Crippen molar-refractivity contribution in [2.75, 3.05) is 0 Å². The minimum absolute atomic E-state index is 0.00964. The summed E-state index contributed by atoms with van der Waals surface area (Å²) >= 11 is 4.53. The number of nitrogens with two attached hydrogens (primary N) is 1. The molecule has 15 heavy (non-hydrogen) atoms. The Morgan fingerprint density at radius 3 is 2.87 bits per heavy atom. The van der Waals surface area contributed by atoms with Gasteiger partial charge in [0.15, 0.2) is 10.9 Å². The van der Waals surface area contributed by atoms with Gasteiger partial charge in [-0.05, 0) is 25.2 Å². The molecule has 3 N–H and O–H groups in total. The van der Waals surface area contributed by atoms with Crippen molar-refractivity contribution < 1.29 is 9.34 Å². The van der Waals surface area contributed by atoms with E-state index in [0.29, 0.717) is 5.71 Å². The zero-order chi connectivity index (χ0) is 11.4. The number of thiocarbonyl (C=S) groups is 1. The Labute approximate surface area is 90.1 Å². The van der Waals surface area contributed by atoms with Crippen LogP contribution in [0.5, 0.6) is 0 Å². The molecule has 0 aliphatic carbocycles. The molecule has 1 aromatic rings. The first-order valence-electron chi connectivity index (χ1n) is 3.85. The fraction of sp³-hybridized carbons (Fsp3) is 0.143. The molecule has 0 saturated heterocycles. The number of nitro groups is 1. The molecule has 0 aliphatic heterocycles. The largest absolute Gasteiger partial charge is 0.433 e. The van der Waals surface area contributed by atoms with Crippen molar-refractivity contribution in [1.29, 1.82) is 0 Å². The summed E-state index contributed by atoms with van der Waals surface area (Å²) in [6.07, 6.45) is 0. The minimum Gasteiger partial charge on any atom is -0.399 e. The number of hydrogen-bond donors (Lipinski definition) is 2. The first-order valence-corrected chi connectivity index (χ1v) is 4.26. The Bertz CT molecular complexity index is 426. The van der Waals surface area contributed by atoms with Crippen molar-refractivity contribution >= 4 is 28.9 Å². The highest BCUT2D eigenvalue weighted by molar-refractivity contribution is 7.80. The number of nitrogens with one attached hydrogen (secondary N) is 1. The summed E-state index contributed by atoms with van der Waals surface area (Å²) in [6.45, 7) is 1.60. The number of hydrogen-bond acceptors (Lipinski definition) is 5. The molecule has 0 fully saturated rings. The normalized spacial score (nSPS) is 11.1. The van der Waals surface area contributed by atoms with Gasteiger partial charge in [-0.3, -0.25) is 15.5 Å². The highest BCUT2D eigenvalue weighted by Crippen LogP contribution is 2.15. The molecule has 8 heteroatoms. The van der Waals surface area contributed by atoms with Crippen molar-refractivity contribution in [2.24, 2.45) is 10.8 Å². The number of nitrogens with zero attached hydrogens (tertiary/aromatic N) is 2. The van der Waals surface area contributed by atoms with Gasteiger partial charge in [-0.2, -0.15) is 5.10 Å². The predicted molar refractivity (Wildman–Crippen MR) is 57.5 cm³/mol. The van der Waals surface area contributed by atoms with Crippen LogP contribution < -0.4 is 11.2 Å². The summed E-state index contributed by atoms with van der Waals surface area (Å²) in [7, 11) is 0. The molecule has 1 rings (SSSR count). The lowest BCUT2D eigenvalue weighted by Crippen LogP contribution is -2.25. The van der Waals surface area contributed by atoms with Crippen LogP contribution in [0.25, 0.3) is 0 Å². The van der Waals surface area contributed by atoms with Crippen molar-refractivity contribution in [2.45, 2.75) is 6.92 Å². The molecule has 1 aromatic heterocycles. The van der Waals surface area contributed by atoms with Crippen LogP contribution in [0.1, 0.15) is 12.7 Å². The monoisotopic (exact) mass is 228 g/mol. The van der Waals surface area contributed by atoms with Crippen LogP contribution in [0.4, 0.5) is 5.88 Å². The van der Waals surface area contributed by atoms with Gasteiger partial charge in [-0.1, -0.05) is 0 Å². The SMILES string of the molecule is C/C(=N\NC(N)=S)c1ccc([N+](=O)[O-])o1. The molecule has 0 atom stereocenters. The van der Waals surface area contributed by atoms with Crippen molar-refractivity contribution in [3.63, 3.8) is 0 Å². The van der Waals surface area contributed by atoms with E-state index < -0.39 is 4.92 Å². The molecule has 1 heterocycles. The summed E-state index contributed by atoms with van der Waals surface area (Å²) in [4.78, 5) is 9.69. The van der Waals surface area contributed by atoms with E-state index in [0.717, 1.165) is 0 Å². The molecule has 0 unspecified atom stereocenters. The third kappa shape index (κ3) is 3.02. The Morgan fingerprint density at radius 2 is 2.40 bits per heavy atom. The van der Waals surface area contributed by atoms with Crippen molar-refractivity contribution in [3.05, 3.63) is 28.0 Å². The van der Waals surface area contributed by atoms with Gasteiger partial charge in [-0.15, -0.1) is 0 Å². The van der Waals surface area contributed by atoms with E-state index in [1.807, 2.05) is 0 Å². The zero-order valence-corrected chi connectivity index (χ0v) is 8.58. The maximum Gasteiger partial charge on any atom is 0.433 e. The maximum atomic E-state index is 10.3. The summed E-state index contributed by atoms with van der Waals surface area (Å²) in [5, 5.41) is 14.1. The molecular weight excluding hydrogens is 220 g/mol. The molecule has 0 saturated carbocycles. The second kappa shape index (κ2) is 4.51. The van der Waals surface area contributed by atoms with Crippen LogP contribution in [0, 0.1) is 10.1 Å². The van der Waals surface area contributed by atoms with Crippen LogP contribution in [0.15, 0.2) is 21.7 Å². The summed E-state index contributed by atoms with van der Waals surface area (Å²) in [5.74, 6) is -0.0553. The first kappa shape index (κ1) is 11.1. The third-order valence-electron chi connectivity index (χ3n) is 1.46. The van der Waals surface area contributed by atoms with Gasteiger partial charge in [0.1, 0.15) is 10.6 Å². The summed E-state index contributed by atoms with van der Waals surface area (Å²) in [6, 6.07) is 2.69. The lowest BCUT2D eigenvalue weighted by Gasteiger charge is -1.96. The third-order valence-corrected chi connectivity index (χ3v) is 1.55. The molecular formula is C7H8N4O3S. The van der Waals surface area contributed by atoms with E-state index >= 15 is 0 Å². The van der Waals surface area contributed by atoms with Gasteiger partial charge < -0.3 is 10.2 Å². The molecule has 0 bridgehead atoms. The molecule has 7 nitrogen and oxygen atoms in total. The number of rotatable bonds is 3. The van der Waals surface area contributed by atoms with E-state index in [1.165, 1.54) is 12.1 Å². The van der Waals surface area contributed by atoms with E-state index in [4.69, 9.17) is 10.2 Å². The summed E-state index contributed by atoms with van der Waals surface area (Å²) < 4.78 is 4.89. The predicted octanol–water partition coefficient (Wildman–Crippen LogP) is 0.745. The number of hydrazone groups is 1. The average Bonchev–Trinajstić information content (AvgIpc) is 2.62. The van der Waals surface area contributed by atoms with Crippen molar-refractivity contribution in [3.8, 4) is 0 Å². The zero-order valence-electron chi connectivity index (χ0n) is 7.76. The average molecular weight is 228 g/mol. The van der Waals surface area contributed by atoms with Crippen LogP contribution in [0.2, 0.25) is 0 Å². The second-order valence-corrected chi connectivity index (χ2v) is 3.01. The highest BCUT2D eigenvalue weighted by atomic mass is 32.1. The fourth-order valence-electron chi connectivity index (χ4n) is 0.814. The van der Waals surface area contributed by atoms with Crippen molar-refractivity contribution in [1.82, 2.24) is 5.43 Å². The Balaban J connectivity index is 2.82. The Hall–Kier alpha value is -1.96. The molecule has 0 radical (unpaired) electrons. The number of furan rings is 1. The van der Waals surface area contributed by atoms with Gasteiger partial charge >= 0.3 is 5.88 Å². The molecule has 0 aliphatic rings. The van der Waals surface area contributed by atoms with Gasteiger partial charge in [0.2, 0.25) is 0 Å². The first-order chi connectivity index (χ1) is 7.00. The molecule has 0 amide bonds. The van der Waals surface area contributed by atoms with E-state index in [9.17, 15) is 10.1 Å². The lowest BCUT2D eigenvalue weighted by atomic mass is 10.3. The Kier molecular flexibility index (Phi) is 3.34.